The largest absolute Gasteiger partial charge is 0.347 e. The number of nitrogens with zero attached hydrogens (tertiary/aromatic N) is 2. The van der Waals surface area contributed by atoms with Crippen LogP contribution >= 0.6 is 0 Å². The van der Waals surface area contributed by atoms with E-state index in [1.807, 2.05) is 28.0 Å². The van der Waals surface area contributed by atoms with Crippen LogP contribution in [0.1, 0.15) is 50.5 Å². The number of hydrogen-bond donors (Lipinski definition) is 2. The molecule has 2 aliphatic rings. The fraction of sp³-hybridized carbons (Fsp3) is 0.640. The molecule has 0 spiro atoms. The number of carbonyl (C=O) groups is 3. The Bertz CT molecular complexity index is 736. The molecule has 176 valence electrons. The highest BCUT2D eigenvalue weighted by Crippen LogP contribution is 2.29. The summed E-state index contributed by atoms with van der Waals surface area (Å²) in [4.78, 5) is 41.4. The van der Waals surface area contributed by atoms with Gasteiger partial charge in [-0.3, -0.25) is 14.4 Å². The molecule has 2 unspecified atom stereocenters. The Morgan fingerprint density at radius 3 is 2.56 bits per heavy atom. The van der Waals surface area contributed by atoms with Gasteiger partial charge in [-0.25, -0.2) is 0 Å². The van der Waals surface area contributed by atoms with E-state index in [0.29, 0.717) is 26.0 Å². The van der Waals surface area contributed by atoms with Gasteiger partial charge in [0, 0.05) is 25.7 Å². The Labute approximate surface area is 191 Å². The van der Waals surface area contributed by atoms with Crippen molar-refractivity contribution in [2.75, 3.05) is 33.2 Å². The number of rotatable bonds is 11. The van der Waals surface area contributed by atoms with Crippen molar-refractivity contribution in [1.29, 1.82) is 0 Å². The Kier molecular flexibility index (Phi) is 9.53. The van der Waals surface area contributed by atoms with Crippen molar-refractivity contribution in [3.8, 4) is 0 Å². The zero-order valence-electron chi connectivity index (χ0n) is 19.3. The maximum Gasteiger partial charge on any atom is 0.245 e. The van der Waals surface area contributed by atoms with E-state index in [1.165, 1.54) is 12.0 Å². The molecule has 1 aromatic carbocycles. The average molecular weight is 443 g/mol. The van der Waals surface area contributed by atoms with Gasteiger partial charge in [-0.2, -0.15) is 0 Å². The first-order valence-electron chi connectivity index (χ1n) is 12.1. The van der Waals surface area contributed by atoms with Gasteiger partial charge in [0.15, 0.2) is 0 Å². The fourth-order valence-electron chi connectivity index (χ4n) is 5.19. The minimum Gasteiger partial charge on any atom is -0.347 e. The summed E-state index contributed by atoms with van der Waals surface area (Å²) >= 11 is 0. The highest BCUT2D eigenvalue weighted by Gasteiger charge is 2.38. The van der Waals surface area contributed by atoms with Crippen LogP contribution in [0.2, 0.25) is 0 Å². The summed E-state index contributed by atoms with van der Waals surface area (Å²) in [6.07, 6.45) is 8.68. The van der Waals surface area contributed by atoms with Crippen LogP contribution in [0.4, 0.5) is 0 Å². The summed E-state index contributed by atoms with van der Waals surface area (Å²) in [6.45, 7) is 2.14. The van der Waals surface area contributed by atoms with Gasteiger partial charge in [0.1, 0.15) is 6.04 Å². The lowest BCUT2D eigenvalue weighted by Crippen LogP contribution is -2.54. The van der Waals surface area contributed by atoms with Gasteiger partial charge >= 0.3 is 0 Å². The Balaban J connectivity index is 1.67. The third-order valence-corrected chi connectivity index (χ3v) is 6.92. The molecule has 1 aliphatic carbocycles. The normalized spacial score (nSPS) is 20.0. The molecule has 1 saturated carbocycles. The maximum absolute atomic E-state index is 13.5. The van der Waals surface area contributed by atoms with Crippen molar-refractivity contribution in [3.63, 3.8) is 0 Å². The molecular weight excluding hydrogens is 404 g/mol. The molecule has 1 aromatic rings. The molecule has 0 aromatic heterocycles. The zero-order valence-corrected chi connectivity index (χ0v) is 19.3. The molecule has 1 aliphatic heterocycles. The summed E-state index contributed by atoms with van der Waals surface area (Å²) in [5, 5.41) is 5.79. The minimum atomic E-state index is -0.445. The second-order valence-electron chi connectivity index (χ2n) is 9.09. The van der Waals surface area contributed by atoms with Gasteiger partial charge in [-0.15, -0.1) is 0 Å². The Hall–Kier alpha value is -2.41. The van der Waals surface area contributed by atoms with E-state index in [4.69, 9.17) is 0 Å². The standard InChI is InChI=1S/C25H38N4O3/c1-26-17-23(31)28(16-14-20-9-4-2-5-10-20)18-22-13-8-15-29(22)25(32)24(27-19-30)21-11-6-3-7-12-21/h2,4-5,9-10,19,21-22,24,26H,3,6-8,11-18H2,1H3,(H,27,30). The molecule has 2 fully saturated rings. The first-order chi connectivity index (χ1) is 15.6. The molecule has 2 N–H and O–H groups in total. The lowest BCUT2D eigenvalue weighted by atomic mass is 9.83. The van der Waals surface area contributed by atoms with E-state index in [-0.39, 0.29) is 30.3 Å². The van der Waals surface area contributed by atoms with Gasteiger partial charge in [0.05, 0.1) is 6.54 Å². The number of amides is 3. The van der Waals surface area contributed by atoms with Crippen LogP contribution < -0.4 is 10.6 Å². The number of likely N-dealkylation sites (N-methyl/N-ethyl adjacent to an activating group) is 1. The van der Waals surface area contributed by atoms with Crippen molar-refractivity contribution in [1.82, 2.24) is 20.4 Å². The summed E-state index contributed by atoms with van der Waals surface area (Å²) in [5.41, 5.74) is 1.20. The molecule has 1 heterocycles. The predicted molar refractivity (Wildman–Crippen MR) is 125 cm³/mol. The second kappa shape index (κ2) is 12.6. The smallest absolute Gasteiger partial charge is 0.245 e. The molecule has 2 atom stereocenters. The molecule has 32 heavy (non-hydrogen) atoms. The first-order valence-corrected chi connectivity index (χ1v) is 12.1. The van der Waals surface area contributed by atoms with Crippen LogP contribution in [0.15, 0.2) is 30.3 Å². The van der Waals surface area contributed by atoms with E-state index < -0.39 is 6.04 Å². The van der Waals surface area contributed by atoms with Gasteiger partial charge in [0.2, 0.25) is 18.2 Å². The summed E-state index contributed by atoms with van der Waals surface area (Å²) in [5.74, 6) is 0.288. The van der Waals surface area contributed by atoms with E-state index >= 15 is 0 Å². The number of likely N-dealkylation sites (tertiary alicyclic amines) is 1. The van der Waals surface area contributed by atoms with Crippen molar-refractivity contribution < 1.29 is 14.4 Å². The highest BCUT2D eigenvalue weighted by atomic mass is 16.2. The van der Waals surface area contributed by atoms with Crippen LogP contribution in [0.5, 0.6) is 0 Å². The quantitative estimate of drug-likeness (QED) is 0.514. The van der Waals surface area contributed by atoms with Gasteiger partial charge < -0.3 is 20.4 Å². The molecule has 7 nitrogen and oxygen atoms in total. The van der Waals surface area contributed by atoms with Crippen LogP contribution in [0, 0.1) is 5.92 Å². The number of carbonyl (C=O) groups excluding carboxylic acids is 3. The van der Waals surface area contributed by atoms with E-state index in [9.17, 15) is 14.4 Å². The molecule has 3 amide bonds. The molecule has 7 heteroatoms. The number of benzene rings is 1. The van der Waals surface area contributed by atoms with Crippen molar-refractivity contribution in [2.24, 2.45) is 5.92 Å². The Morgan fingerprint density at radius 2 is 1.88 bits per heavy atom. The van der Waals surface area contributed by atoms with E-state index in [2.05, 4.69) is 22.8 Å². The topological polar surface area (TPSA) is 81.8 Å². The van der Waals surface area contributed by atoms with Crippen molar-refractivity contribution in [2.45, 2.75) is 63.5 Å². The van der Waals surface area contributed by atoms with Crippen LogP contribution in [-0.2, 0) is 20.8 Å². The maximum atomic E-state index is 13.5. The first kappa shape index (κ1) is 24.2. The average Bonchev–Trinajstić information content (AvgIpc) is 3.29. The lowest BCUT2D eigenvalue weighted by Gasteiger charge is -2.36. The SMILES string of the molecule is CNCC(=O)N(CCc1ccccc1)CC1CCCN1C(=O)C(NC=O)C1CCCCC1. The van der Waals surface area contributed by atoms with Crippen LogP contribution in [-0.4, -0.2) is 73.3 Å². The second-order valence-corrected chi connectivity index (χ2v) is 9.09. The highest BCUT2D eigenvalue weighted by molar-refractivity contribution is 5.85. The third-order valence-electron chi connectivity index (χ3n) is 6.92. The molecular formula is C25H38N4O3. The van der Waals surface area contributed by atoms with Gasteiger partial charge in [0.25, 0.3) is 0 Å². The molecule has 0 radical (unpaired) electrons. The summed E-state index contributed by atoms with van der Waals surface area (Å²) in [6, 6.07) is 9.72. The van der Waals surface area contributed by atoms with Crippen molar-refractivity contribution >= 4 is 18.2 Å². The summed E-state index contributed by atoms with van der Waals surface area (Å²) in [7, 11) is 1.78. The van der Waals surface area contributed by atoms with Crippen molar-refractivity contribution in [3.05, 3.63) is 35.9 Å². The number of nitrogens with one attached hydrogen (secondary N) is 2. The molecule has 0 bridgehead atoms. The molecule has 1 saturated heterocycles. The zero-order chi connectivity index (χ0) is 22.8. The summed E-state index contributed by atoms with van der Waals surface area (Å²) < 4.78 is 0. The van der Waals surface area contributed by atoms with Gasteiger partial charge in [-0.05, 0) is 50.6 Å². The fourth-order valence-corrected chi connectivity index (χ4v) is 5.19. The minimum absolute atomic E-state index is 0.00128. The van der Waals surface area contributed by atoms with Gasteiger partial charge in [-0.1, -0.05) is 49.6 Å². The van der Waals surface area contributed by atoms with Crippen LogP contribution in [0.25, 0.3) is 0 Å². The molecule has 3 rings (SSSR count). The van der Waals surface area contributed by atoms with Crippen LogP contribution in [0.3, 0.4) is 0 Å². The number of hydrogen-bond acceptors (Lipinski definition) is 4. The third kappa shape index (κ3) is 6.55. The van der Waals surface area contributed by atoms with E-state index in [0.717, 1.165) is 44.9 Å². The Morgan fingerprint density at radius 1 is 1.12 bits per heavy atom. The lowest BCUT2D eigenvalue weighted by molar-refractivity contribution is -0.139. The monoisotopic (exact) mass is 442 g/mol. The van der Waals surface area contributed by atoms with E-state index in [1.54, 1.807) is 7.05 Å². The predicted octanol–water partition coefficient (Wildman–Crippen LogP) is 1.96.